The van der Waals surface area contributed by atoms with E-state index in [1.165, 1.54) is 0 Å². The average molecular weight is 158 g/mol. The Kier molecular flexibility index (Phi) is 3.82. The van der Waals surface area contributed by atoms with Gasteiger partial charge < -0.3 is 9.84 Å². The predicted octanol–water partition coefficient (Wildman–Crippen LogP) is 0.875. The monoisotopic (exact) mass is 158 g/mol. The van der Waals surface area contributed by atoms with Gasteiger partial charge in [0.05, 0.1) is 6.10 Å². The highest BCUT2D eigenvalue weighted by Gasteiger charge is 2.13. The number of carbonyl (C=O) groups excluding carboxylic acids is 1. The molecule has 0 heterocycles. The van der Waals surface area contributed by atoms with Crippen LogP contribution in [0.15, 0.2) is 12.2 Å². The summed E-state index contributed by atoms with van der Waals surface area (Å²) in [6.45, 7) is 8.17. The van der Waals surface area contributed by atoms with Crippen LogP contribution in [0.2, 0.25) is 0 Å². The molecule has 64 valence electrons. The Morgan fingerprint density at radius 3 is 2.27 bits per heavy atom. The standard InChI is InChI=1S/C8H14O3/c1-5(2)8(10)11-7(4)6(3)9/h6-7,9H,1H2,2-4H3. The molecule has 0 saturated heterocycles. The van der Waals surface area contributed by atoms with Gasteiger partial charge >= 0.3 is 5.97 Å². The molecule has 1 N–H and O–H groups in total. The normalized spacial score (nSPS) is 15.3. The van der Waals surface area contributed by atoms with E-state index in [0.717, 1.165) is 0 Å². The van der Waals surface area contributed by atoms with Crippen LogP contribution in [0.25, 0.3) is 0 Å². The van der Waals surface area contributed by atoms with E-state index in [-0.39, 0.29) is 0 Å². The topological polar surface area (TPSA) is 46.5 Å². The molecule has 0 bridgehead atoms. The molecule has 0 saturated carbocycles. The zero-order chi connectivity index (χ0) is 9.02. The molecule has 0 radical (unpaired) electrons. The lowest BCUT2D eigenvalue weighted by molar-refractivity contribution is -0.148. The SMILES string of the molecule is C=C(C)C(=O)OC(C)C(C)O. The second-order valence-electron chi connectivity index (χ2n) is 2.63. The van der Waals surface area contributed by atoms with E-state index in [2.05, 4.69) is 6.58 Å². The van der Waals surface area contributed by atoms with Crippen molar-refractivity contribution in [3.8, 4) is 0 Å². The Morgan fingerprint density at radius 2 is 2.00 bits per heavy atom. The fourth-order valence-corrected chi connectivity index (χ4v) is 0.368. The minimum Gasteiger partial charge on any atom is -0.457 e. The predicted molar refractivity (Wildman–Crippen MR) is 42.0 cm³/mol. The summed E-state index contributed by atoms with van der Waals surface area (Å²) in [5, 5.41) is 8.94. The van der Waals surface area contributed by atoms with Crippen LogP contribution >= 0.6 is 0 Å². The summed E-state index contributed by atoms with van der Waals surface area (Å²) in [6, 6.07) is 0. The molecule has 3 nitrogen and oxygen atoms in total. The molecule has 0 aliphatic heterocycles. The molecule has 0 aromatic rings. The third kappa shape index (κ3) is 3.78. The van der Waals surface area contributed by atoms with Crippen molar-refractivity contribution in [3.63, 3.8) is 0 Å². The zero-order valence-electron chi connectivity index (χ0n) is 7.13. The van der Waals surface area contributed by atoms with E-state index < -0.39 is 18.2 Å². The first-order chi connectivity index (χ1) is 4.95. The van der Waals surface area contributed by atoms with E-state index in [9.17, 15) is 4.79 Å². The quantitative estimate of drug-likeness (QED) is 0.489. The molecule has 11 heavy (non-hydrogen) atoms. The first-order valence-corrected chi connectivity index (χ1v) is 3.49. The summed E-state index contributed by atoms with van der Waals surface area (Å²) >= 11 is 0. The molecular formula is C8H14O3. The average Bonchev–Trinajstić information content (AvgIpc) is 1.87. The van der Waals surface area contributed by atoms with Gasteiger partial charge in [-0.1, -0.05) is 6.58 Å². The molecule has 0 aliphatic rings. The van der Waals surface area contributed by atoms with Gasteiger partial charge in [0.2, 0.25) is 0 Å². The molecule has 0 aromatic carbocycles. The van der Waals surface area contributed by atoms with Gasteiger partial charge in [0.1, 0.15) is 6.10 Å². The summed E-state index contributed by atoms with van der Waals surface area (Å²) in [7, 11) is 0. The summed E-state index contributed by atoms with van der Waals surface area (Å²) in [6.07, 6.45) is -1.11. The van der Waals surface area contributed by atoms with Crippen LogP contribution in [-0.4, -0.2) is 23.3 Å². The van der Waals surface area contributed by atoms with Crippen molar-refractivity contribution in [3.05, 3.63) is 12.2 Å². The van der Waals surface area contributed by atoms with Gasteiger partial charge in [-0.25, -0.2) is 4.79 Å². The van der Waals surface area contributed by atoms with Gasteiger partial charge in [0, 0.05) is 5.57 Å². The van der Waals surface area contributed by atoms with Gasteiger partial charge in [0.25, 0.3) is 0 Å². The van der Waals surface area contributed by atoms with Crippen molar-refractivity contribution in [2.45, 2.75) is 33.0 Å². The van der Waals surface area contributed by atoms with Crippen molar-refractivity contribution in [1.29, 1.82) is 0 Å². The molecular weight excluding hydrogens is 144 g/mol. The molecule has 0 spiro atoms. The second kappa shape index (κ2) is 4.13. The van der Waals surface area contributed by atoms with E-state index in [1.807, 2.05) is 0 Å². The van der Waals surface area contributed by atoms with E-state index in [1.54, 1.807) is 20.8 Å². The summed E-state index contributed by atoms with van der Waals surface area (Å²) in [4.78, 5) is 10.8. The van der Waals surface area contributed by atoms with Crippen molar-refractivity contribution in [1.82, 2.24) is 0 Å². The van der Waals surface area contributed by atoms with Gasteiger partial charge in [-0.3, -0.25) is 0 Å². The number of aliphatic hydroxyl groups excluding tert-OH is 1. The maximum atomic E-state index is 10.8. The van der Waals surface area contributed by atoms with E-state index in [0.29, 0.717) is 5.57 Å². The Bertz CT molecular complexity index is 161. The minimum atomic E-state index is -0.640. The first-order valence-electron chi connectivity index (χ1n) is 3.49. The Labute approximate surface area is 66.7 Å². The summed E-state index contributed by atoms with van der Waals surface area (Å²) in [5.41, 5.74) is 0.345. The van der Waals surface area contributed by atoms with Crippen LogP contribution in [0, 0.1) is 0 Å². The van der Waals surface area contributed by atoms with E-state index in [4.69, 9.17) is 9.84 Å². The summed E-state index contributed by atoms with van der Waals surface area (Å²) < 4.78 is 4.78. The number of esters is 1. The molecule has 0 aromatic heterocycles. The molecule has 3 heteroatoms. The molecule has 0 fully saturated rings. The number of hydrogen-bond donors (Lipinski definition) is 1. The van der Waals surface area contributed by atoms with Crippen LogP contribution < -0.4 is 0 Å². The number of aliphatic hydroxyl groups is 1. The highest BCUT2D eigenvalue weighted by Crippen LogP contribution is 2.01. The highest BCUT2D eigenvalue weighted by molar-refractivity contribution is 5.87. The third-order valence-corrected chi connectivity index (χ3v) is 1.32. The lowest BCUT2D eigenvalue weighted by Crippen LogP contribution is -2.25. The number of carbonyl (C=O) groups is 1. The zero-order valence-corrected chi connectivity index (χ0v) is 7.13. The van der Waals surface area contributed by atoms with Gasteiger partial charge in [-0.2, -0.15) is 0 Å². The number of hydrogen-bond acceptors (Lipinski definition) is 3. The van der Waals surface area contributed by atoms with Crippen LogP contribution in [0.5, 0.6) is 0 Å². The maximum Gasteiger partial charge on any atom is 0.333 e. The lowest BCUT2D eigenvalue weighted by atomic mass is 10.2. The Hall–Kier alpha value is -0.830. The summed E-state index contributed by atoms with van der Waals surface area (Å²) in [5.74, 6) is -0.460. The number of ether oxygens (including phenoxy) is 1. The van der Waals surface area contributed by atoms with Crippen LogP contribution in [0.3, 0.4) is 0 Å². The van der Waals surface area contributed by atoms with Crippen molar-refractivity contribution < 1.29 is 14.6 Å². The van der Waals surface area contributed by atoms with Gasteiger partial charge in [0.15, 0.2) is 0 Å². The smallest absolute Gasteiger partial charge is 0.333 e. The van der Waals surface area contributed by atoms with Crippen molar-refractivity contribution in [2.75, 3.05) is 0 Å². The highest BCUT2D eigenvalue weighted by atomic mass is 16.6. The second-order valence-corrected chi connectivity index (χ2v) is 2.63. The van der Waals surface area contributed by atoms with Crippen LogP contribution in [0.1, 0.15) is 20.8 Å². The van der Waals surface area contributed by atoms with Crippen molar-refractivity contribution in [2.24, 2.45) is 0 Å². The maximum absolute atomic E-state index is 10.8. The molecule has 0 rings (SSSR count). The van der Waals surface area contributed by atoms with E-state index >= 15 is 0 Å². The van der Waals surface area contributed by atoms with Crippen LogP contribution in [0.4, 0.5) is 0 Å². The first kappa shape index (κ1) is 10.2. The molecule has 2 atom stereocenters. The Balaban J connectivity index is 3.85. The Morgan fingerprint density at radius 1 is 1.55 bits per heavy atom. The van der Waals surface area contributed by atoms with Gasteiger partial charge in [-0.05, 0) is 20.8 Å². The third-order valence-electron chi connectivity index (χ3n) is 1.32. The molecule has 2 unspecified atom stereocenters. The van der Waals surface area contributed by atoms with Gasteiger partial charge in [-0.15, -0.1) is 0 Å². The van der Waals surface area contributed by atoms with Crippen LogP contribution in [-0.2, 0) is 9.53 Å². The fraction of sp³-hybridized carbons (Fsp3) is 0.625. The number of rotatable bonds is 3. The minimum absolute atomic E-state index is 0.345. The molecule has 0 amide bonds. The van der Waals surface area contributed by atoms with Crippen molar-refractivity contribution >= 4 is 5.97 Å². The molecule has 0 aliphatic carbocycles. The lowest BCUT2D eigenvalue weighted by Gasteiger charge is -2.15. The fourth-order valence-electron chi connectivity index (χ4n) is 0.368. The largest absolute Gasteiger partial charge is 0.457 e.